The number of thiol groups is 1. The van der Waals surface area contributed by atoms with Gasteiger partial charge in [-0.15, -0.1) is 12.6 Å². The van der Waals surface area contributed by atoms with Crippen LogP contribution < -0.4 is 5.73 Å². The maximum absolute atomic E-state index is 12.1. The first-order valence-corrected chi connectivity index (χ1v) is 6.25. The highest BCUT2D eigenvalue weighted by atomic mass is 79.9. The van der Waals surface area contributed by atoms with Crippen molar-refractivity contribution in [2.24, 2.45) is 5.73 Å². The molecule has 17 heavy (non-hydrogen) atoms. The molecule has 2 amide bonds. The van der Waals surface area contributed by atoms with Gasteiger partial charge in [-0.1, -0.05) is 15.9 Å². The maximum Gasteiger partial charge on any atom is 0.255 e. The van der Waals surface area contributed by atoms with E-state index < -0.39 is 5.91 Å². The molecule has 0 aromatic heterocycles. The van der Waals surface area contributed by atoms with Crippen LogP contribution in [0.25, 0.3) is 0 Å². The molecule has 0 fully saturated rings. The van der Waals surface area contributed by atoms with Gasteiger partial charge in [-0.25, -0.2) is 0 Å². The van der Waals surface area contributed by atoms with Crippen molar-refractivity contribution in [3.8, 4) is 0 Å². The standard InChI is InChI=1S/C11H13BrN2O2S/c1-2-14(6-10(13)15)11(16)8-4-3-7(12)5-9(8)17/h3-5,17H,2,6H2,1H3,(H2,13,15). The first-order valence-electron chi connectivity index (χ1n) is 5.01. The van der Waals surface area contributed by atoms with Crippen LogP contribution in [0.1, 0.15) is 17.3 Å². The third kappa shape index (κ3) is 3.74. The lowest BCUT2D eigenvalue weighted by Gasteiger charge is -2.19. The normalized spacial score (nSPS) is 10.1. The second kappa shape index (κ2) is 6.07. The van der Waals surface area contributed by atoms with Crippen molar-refractivity contribution in [2.45, 2.75) is 11.8 Å². The summed E-state index contributed by atoms with van der Waals surface area (Å²) in [6, 6.07) is 5.15. The number of nitrogens with two attached hydrogens (primary N) is 1. The minimum atomic E-state index is -0.530. The molecule has 0 heterocycles. The Balaban J connectivity index is 2.97. The fraction of sp³-hybridized carbons (Fsp3) is 0.273. The lowest BCUT2D eigenvalue weighted by atomic mass is 10.2. The molecule has 0 aliphatic rings. The smallest absolute Gasteiger partial charge is 0.255 e. The van der Waals surface area contributed by atoms with E-state index >= 15 is 0 Å². The minimum absolute atomic E-state index is 0.0847. The number of primary amides is 1. The van der Waals surface area contributed by atoms with Gasteiger partial charge in [-0.2, -0.15) is 0 Å². The van der Waals surface area contributed by atoms with Gasteiger partial charge in [0.2, 0.25) is 5.91 Å². The van der Waals surface area contributed by atoms with Crippen molar-refractivity contribution in [3.63, 3.8) is 0 Å². The number of benzene rings is 1. The molecule has 0 radical (unpaired) electrons. The molecule has 0 bridgehead atoms. The average Bonchev–Trinajstić information content (AvgIpc) is 2.24. The molecule has 6 heteroatoms. The largest absolute Gasteiger partial charge is 0.368 e. The topological polar surface area (TPSA) is 63.4 Å². The highest BCUT2D eigenvalue weighted by Crippen LogP contribution is 2.21. The number of carbonyl (C=O) groups excluding carboxylic acids is 2. The summed E-state index contributed by atoms with van der Waals surface area (Å²) >= 11 is 7.53. The van der Waals surface area contributed by atoms with E-state index in [1.165, 1.54) is 4.90 Å². The SMILES string of the molecule is CCN(CC(N)=O)C(=O)c1ccc(Br)cc1S. The Labute approximate surface area is 114 Å². The van der Waals surface area contributed by atoms with Crippen LogP contribution in [0.15, 0.2) is 27.6 Å². The predicted molar refractivity (Wildman–Crippen MR) is 72.2 cm³/mol. The lowest BCUT2D eigenvalue weighted by Crippen LogP contribution is -2.38. The van der Waals surface area contributed by atoms with E-state index in [4.69, 9.17) is 5.73 Å². The molecule has 0 saturated carbocycles. The Morgan fingerprint density at radius 1 is 1.47 bits per heavy atom. The summed E-state index contributed by atoms with van der Waals surface area (Å²) in [5, 5.41) is 0. The number of likely N-dealkylation sites (N-methyl/N-ethyl adjacent to an activating group) is 1. The summed E-state index contributed by atoms with van der Waals surface area (Å²) in [6.45, 7) is 2.13. The number of halogens is 1. The average molecular weight is 317 g/mol. The van der Waals surface area contributed by atoms with E-state index in [0.29, 0.717) is 17.0 Å². The third-order valence-electron chi connectivity index (χ3n) is 2.21. The predicted octanol–water partition coefficient (Wildman–Crippen LogP) is 1.69. The number of carbonyl (C=O) groups is 2. The monoisotopic (exact) mass is 316 g/mol. The van der Waals surface area contributed by atoms with E-state index in [-0.39, 0.29) is 12.5 Å². The van der Waals surface area contributed by atoms with Gasteiger partial charge in [-0.05, 0) is 25.1 Å². The molecular formula is C11H13BrN2O2S. The molecule has 92 valence electrons. The van der Waals surface area contributed by atoms with E-state index in [2.05, 4.69) is 28.6 Å². The van der Waals surface area contributed by atoms with E-state index in [1.54, 1.807) is 25.1 Å². The molecular weight excluding hydrogens is 304 g/mol. The summed E-state index contributed by atoms with van der Waals surface area (Å²) in [4.78, 5) is 24.9. The van der Waals surface area contributed by atoms with E-state index in [9.17, 15) is 9.59 Å². The molecule has 1 rings (SSSR count). The van der Waals surface area contributed by atoms with Crippen molar-refractivity contribution in [1.82, 2.24) is 4.90 Å². The zero-order valence-corrected chi connectivity index (χ0v) is 11.8. The lowest BCUT2D eigenvalue weighted by molar-refractivity contribution is -0.118. The molecule has 1 aromatic carbocycles. The van der Waals surface area contributed by atoms with Crippen LogP contribution in [0.4, 0.5) is 0 Å². The van der Waals surface area contributed by atoms with Gasteiger partial charge in [0.1, 0.15) is 0 Å². The van der Waals surface area contributed by atoms with Gasteiger partial charge < -0.3 is 10.6 Å². The van der Waals surface area contributed by atoms with Crippen LogP contribution in [0.2, 0.25) is 0 Å². The van der Waals surface area contributed by atoms with Crippen LogP contribution >= 0.6 is 28.6 Å². The molecule has 1 aromatic rings. The molecule has 0 unspecified atom stereocenters. The summed E-state index contributed by atoms with van der Waals surface area (Å²) in [7, 11) is 0. The van der Waals surface area contributed by atoms with Gasteiger partial charge in [0, 0.05) is 15.9 Å². The molecule has 0 spiro atoms. The number of hydrogen-bond acceptors (Lipinski definition) is 3. The Hall–Kier alpha value is -1.01. The summed E-state index contributed by atoms with van der Waals surface area (Å²) < 4.78 is 0.844. The highest BCUT2D eigenvalue weighted by Gasteiger charge is 2.18. The fourth-order valence-corrected chi connectivity index (χ4v) is 2.22. The van der Waals surface area contributed by atoms with E-state index in [0.717, 1.165) is 4.47 Å². The maximum atomic E-state index is 12.1. The van der Waals surface area contributed by atoms with Crippen molar-refractivity contribution in [3.05, 3.63) is 28.2 Å². The number of hydrogen-bond donors (Lipinski definition) is 2. The Morgan fingerprint density at radius 2 is 2.12 bits per heavy atom. The Morgan fingerprint density at radius 3 is 2.59 bits per heavy atom. The van der Waals surface area contributed by atoms with Crippen LogP contribution in [0, 0.1) is 0 Å². The van der Waals surface area contributed by atoms with Crippen molar-refractivity contribution < 1.29 is 9.59 Å². The quantitative estimate of drug-likeness (QED) is 0.830. The molecule has 4 nitrogen and oxygen atoms in total. The highest BCUT2D eigenvalue weighted by molar-refractivity contribution is 9.10. The minimum Gasteiger partial charge on any atom is -0.368 e. The first kappa shape index (κ1) is 14.1. The van der Waals surface area contributed by atoms with Gasteiger partial charge in [0.05, 0.1) is 12.1 Å². The van der Waals surface area contributed by atoms with Gasteiger partial charge >= 0.3 is 0 Å². The Bertz CT molecular complexity index is 451. The zero-order chi connectivity index (χ0) is 13.0. The fourth-order valence-electron chi connectivity index (χ4n) is 1.37. The summed E-state index contributed by atoms with van der Waals surface area (Å²) in [5.74, 6) is -0.776. The van der Waals surface area contributed by atoms with Gasteiger partial charge in [0.15, 0.2) is 0 Å². The van der Waals surface area contributed by atoms with Gasteiger partial charge in [0.25, 0.3) is 5.91 Å². The van der Waals surface area contributed by atoms with Crippen LogP contribution in [-0.4, -0.2) is 29.8 Å². The van der Waals surface area contributed by atoms with Gasteiger partial charge in [-0.3, -0.25) is 9.59 Å². The molecule has 0 atom stereocenters. The molecule has 2 N–H and O–H groups in total. The Kier molecular flexibility index (Phi) is 5.02. The van der Waals surface area contributed by atoms with Crippen LogP contribution in [0.5, 0.6) is 0 Å². The summed E-state index contributed by atoms with van der Waals surface area (Å²) in [6.07, 6.45) is 0. The van der Waals surface area contributed by atoms with Crippen molar-refractivity contribution in [2.75, 3.05) is 13.1 Å². The molecule has 0 saturated heterocycles. The van der Waals surface area contributed by atoms with Crippen molar-refractivity contribution in [1.29, 1.82) is 0 Å². The van der Waals surface area contributed by atoms with E-state index in [1.807, 2.05) is 0 Å². The summed E-state index contributed by atoms with van der Waals surface area (Å²) in [5.41, 5.74) is 5.55. The second-order valence-corrected chi connectivity index (χ2v) is 4.84. The zero-order valence-electron chi connectivity index (χ0n) is 9.31. The molecule has 0 aliphatic carbocycles. The number of amides is 2. The van der Waals surface area contributed by atoms with Crippen LogP contribution in [-0.2, 0) is 4.79 Å². The number of nitrogens with zero attached hydrogens (tertiary/aromatic N) is 1. The number of rotatable bonds is 4. The second-order valence-electron chi connectivity index (χ2n) is 3.45. The van der Waals surface area contributed by atoms with Crippen molar-refractivity contribution >= 4 is 40.4 Å². The third-order valence-corrected chi connectivity index (χ3v) is 3.07. The van der Waals surface area contributed by atoms with Crippen LogP contribution in [0.3, 0.4) is 0 Å². The first-order chi connectivity index (χ1) is 7.95. The molecule has 0 aliphatic heterocycles.